The Labute approximate surface area is 213 Å². The predicted molar refractivity (Wildman–Crippen MR) is 145 cm³/mol. The number of rotatable bonds is 8. The molecule has 3 aromatic rings. The van der Waals surface area contributed by atoms with Gasteiger partial charge in [0.25, 0.3) is 0 Å². The van der Waals surface area contributed by atoms with Gasteiger partial charge in [0.1, 0.15) is 12.3 Å². The molecule has 1 N–H and O–H groups in total. The summed E-state index contributed by atoms with van der Waals surface area (Å²) in [5.74, 6) is 0.247. The number of para-hydroxylation sites is 1. The summed E-state index contributed by atoms with van der Waals surface area (Å²) < 4.78 is 0. The fourth-order valence-electron chi connectivity index (χ4n) is 5.74. The molecule has 2 heterocycles. The molecule has 0 saturated carbocycles. The van der Waals surface area contributed by atoms with Gasteiger partial charge >= 0.3 is 0 Å². The summed E-state index contributed by atoms with van der Waals surface area (Å²) in [7, 11) is 1.64. The average molecular weight is 480 g/mol. The van der Waals surface area contributed by atoms with E-state index >= 15 is 0 Å². The smallest absolute Gasteiger partial charge is 0.242 e. The molecule has 0 spiro atoms. The Hall–Kier alpha value is -3.86. The van der Waals surface area contributed by atoms with Crippen molar-refractivity contribution in [2.45, 2.75) is 44.3 Å². The van der Waals surface area contributed by atoms with Crippen LogP contribution in [-0.4, -0.2) is 36.7 Å². The summed E-state index contributed by atoms with van der Waals surface area (Å²) in [6.07, 6.45) is 2.76. The molecule has 2 unspecified atom stereocenters. The summed E-state index contributed by atoms with van der Waals surface area (Å²) >= 11 is 0. The molecule has 184 valence electrons. The molecule has 2 aliphatic heterocycles. The van der Waals surface area contributed by atoms with Crippen molar-refractivity contribution < 1.29 is 9.59 Å². The minimum Gasteiger partial charge on any atom is -0.367 e. The van der Waals surface area contributed by atoms with Crippen LogP contribution in [0, 0.1) is 0 Å². The van der Waals surface area contributed by atoms with Crippen LogP contribution >= 0.6 is 0 Å². The molecule has 5 heteroatoms. The predicted octanol–water partition coefficient (Wildman–Crippen LogP) is 5.11. The number of benzene rings is 3. The van der Waals surface area contributed by atoms with Crippen molar-refractivity contribution in [1.29, 1.82) is 0 Å². The Morgan fingerprint density at radius 1 is 1.11 bits per heavy atom. The maximum absolute atomic E-state index is 12.6. The van der Waals surface area contributed by atoms with Gasteiger partial charge in [-0.1, -0.05) is 73.3 Å². The van der Waals surface area contributed by atoms with E-state index in [-0.39, 0.29) is 5.91 Å². The van der Waals surface area contributed by atoms with Gasteiger partial charge in [-0.15, -0.1) is 0 Å². The van der Waals surface area contributed by atoms with Gasteiger partial charge in [0.2, 0.25) is 5.91 Å². The van der Waals surface area contributed by atoms with Crippen molar-refractivity contribution in [3.05, 3.63) is 107 Å². The maximum Gasteiger partial charge on any atom is 0.242 e. The SMILES string of the molecule is C=C1c2ccc(C3CCN(Cc4ccccc4)c4ccccc43)cc2CN1C(CCC=O)C(=O)NC. The molecule has 36 heavy (non-hydrogen) atoms. The summed E-state index contributed by atoms with van der Waals surface area (Å²) in [6, 6.07) is 25.7. The number of nitrogens with one attached hydrogen (secondary N) is 1. The number of likely N-dealkylation sites (N-methyl/N-ethyl adjacent to an activating group) is 1. The van der Waals surface area contributed by atoms with Crippen LogP contribution in [0.25, 0.3) is 5.70 Å². The molecule has 2 atom stereocenters. The lowest BCUT2D eigenvalue weighted by Crippen LogP contribution is -2.42. The number of carbonyl (C=O) groups is 2. The van der Waals surface area contributed by atoms with Crippen molar-refractivity contribution in [3.63, 3.8) is 0 Å². The Bertz CT molecular complexity index is 1270. The zero-order chi connectivity index (χ0) is 25.1. The van der Waals surface area contributed by atoms with Crippen LogP contribution in [0.1, 0.15) is 53.0 Å². The van der Waals surface area contributed by atoms with E-state index in [0.29, 0.717) is 25.3 Å². The van der Waals surface area contributed by atoms with Crippen molar-refractivity contribution >= 4 is 23.6 Å². The van der Waals surface area contributed by atoms with Gasteiger partial charge in [-0.3, -0.25) is 4.79 Å². The molecule has 0 aliphatic carbocycles. The van der Waals surface area contributed by atoms with E-state index in [1.165, 1.54) is 27.9 Å². The summed E-state index contributed by atoms with van der Waals surface area (Å²) in [5, 5.41) is 2.75. The monoisotopic (exact) mass is 479 g/mol. The quantitative estimate of drug-likeness (QED) is 0.456. The van der Waals surface area contributed by atoms with Gasteiger partial charge in [-0.25, -0.2) is 0 Å². The van der Waals surface area contributed by atoms with E-state index in [2.05, 4.69) is 89.6 Å². The normalized spacial score (nSPS) is 17.4. The first kappa shape index (κ1) is 23.9. The van der Waals surface area contributed by atoms with Crippen LogP contribution in [-0.2, 0) is 22.7 Å². The number of anilines is 1. The molecule has 0 radical (unpaired) electrons. The van der Waals surface area contributed by atoms with E-state index in [4.69, 9.17) is 0 Å². The second-order valence-corrected chi connectivity index (χ2v) is 9.67. The van der Waals surface area contributed by atoms with Gasteiger partial charge in [0.15, 0.2) is 0 Å². The highest BCUT2D eigenvalue weighted by Crippen LogP contribution is 2.42. The average Bonchev–Trinajstić information content (AvgIpc) is 3.24. The fourth-order valence-corrected chi connectivity index (χ4v) is 5.74. The highest BCUT2D eigenvalue weighted by Gasteiger charge is 2.33. The molecule has 0 fully saturated rings. The van der Waals surface area contributed by atoms with Gasteiger partial charge in [-0.05, 0) is 41.2 Å². The number of fused-ring (bicyclic) bond motifs is 2. The zero-order valence-electron chi connectivity index (χ0n) is 20.8. The topological polar surface area (TPSA) is 52.7 Å². The van der Waals surface area contributed by atoms with Gasteiger partial charge in [0, 0.05) is 56.0 Å². The first-order chi connectivity index (χ1) is 17.6. The van der Waals surface area contributed by atoms with E-state index < -0.39 is 6.04 Å². The Morgan fingerprint density at radius 2 is 1.89 bits per heavy atom. The molecule has 0 saturated heterocycles. The minimum absolute atomic E-state index is 0.0780. The molecule has 1 amide bonds. The molecule has 2 aliphatic rings. The first-order valence-corrected chi connectivity index (χ1v) is 12.7. The van der Waals surface area contributed by atoms with Crippen LogP contribution < -0.4 is 10.2 Å². The lowest BCUT2D eigenvalue weighted by Gasteiger charge is -2.36. The number of hydrogen-bond acceptors (Lipinski definition) is 4. The zero-order valence-corrected chi connectivity index (χ0v) is 20.8. The molecule has 5 rings (SSSR count). The largest absolute Gasteiger partial charge is 0.367 e. The highest BCUT2D eigenvalue weighted by atomic mass is 16.2. The van der Waals surface area contributed by atoms with Gasteiger partial charge in [0.05, 0.1) is 0 Å². The number of nitrogens with zero attached hydrogens (tertiary/aromatic N) is 2. The Morgan fingerprint density at radius 3 is 2.67 bits per heavy atom. The van der Waals surface area contributed by atoms with Crippen molar-refractivity contribution in [1.82, 2.24) is 10.2 Å². The van der Waals surface area contributed by atoms with Crippen LogP contribution in [0.3, 0.4) is 0 Å². The van der Waals surface area contributed by atoms with E-state index in [1.807, 2.05) is 4.90 Å². The Balaban J connectivity index is 1.41. The van der Waals surface area contributed by atoms with Crippen LogP contribution in [0.15, 0.2) is 79.4 Å². The number of amides is 1. The number of carbonyl (C=O) groups excluding carboxylic acids is 2. The lowest BCUT2D eigenvalue weighted by atomic mass is 9.83. The third-order valence-electron chi connectivity index (χ3n) is 7.57. The lowest BCUT2D eigenvalue weighted by molar-refractivity contribution is -0.125. The first-order valence-electron chi connectivity index (χ1n) is 12.7. The highest BCUT2D eigenvalue weighted by molar-refractivity contribution is 5.85. The second-order valence-electron chi connectivity index (χ2n) is 9.67. The summed E-state index contributed by atoms with van der Waals surface area (Å²) in [5.41, 5.74) is 8.44. The minimum atomic E-state index is -0.398. The van der Waals surface area contributed by atoms with Crippen molar-refractivity contribution in [2.24, 2.45) is 0 Å². The molecule has 5 nitrogen and oxygen atoms in total. The third kappa shape index (κ3) is 4.53. The van der Waals surface area contributed by atoms with E-state index in [0.717, 1.165) is 37.1 Å². The van der Waals surface area contributed by atoms with Crippen LogP contribution in [0.2, 0.25) is 0 Å². The molecule has 3 aromatic carbocycles. The maximum atomic E-state index is 12.6. The second kappa shape index (κ2) is 10.4. The van der Waals surface area contributed by atoms with Gasteiger partial charge in [-0.2, -0.15) is 0 Å². The van der Waals surface area contributed by atoms with Crippen LogP contribution in [0.5, 0.6) is 0 Å². The fraction of sp³-hybridized carbons (Fsp3) is 0.290. The molecule has 0 aromatic heterocycles. The Kier molecular flexibility index (Phi) is 6.90. The molecular weight excluding hydrogens is 446 g/mol. The number of aldehydes is 1. The molecule has 0 bridgehead atoms. The summed E-state index contributed by atoms with van der Waals surface area (Å²) in [4.78, 5) is 28.1. The number of hydrogen-bond donors (Lipinski definition) is 1. The summed E-state index contributed by atoms with van der Waals surface area (Å²) in [6.45, 7) is 6.84. The van der Waals surface area contributed by atoms with Crippen LogP contribution in [0.4, 0.5) is 5.69 Å². The van der Waals surface area contributed by atoms with Gasteiger partial charge < -0.3 is 19.9 Å². The van der Waals surface area contributed by atoms with Crippen molar-refractivity contribution in [2.75, 3.05) is 18.5 Å². The van der Waals surface area contributed by atoms with Crippen molar-refractivity contribution in [3.8, 4) is 0 Å². The van der Waals surface area contributed by atoms with E-state index in [1.54, 1.807) is 7.05 Å². The molecular formula is C31H33N3O2. The standard InChI is InChI=1S/C31H33N3O2/c1-22-26-15-14-24(19-25(26)21-34(22)30(13-8-18-35)31(36)32-2)27-16-17-33(20-23-9-4-3-5-10-23)29-12-7-6-11-28(27)29/h3-7,9-12,14-15,18-19,27,30H,1,8,13,16-17,20-21H2,2H3,(H,32,36). The third-order valence-corrected chi connectivity index (χ3v) is 7.57. The van der Waals surface area contributed by atoms with E-state index in [9.17, 15) is 9.59 Å².